The van der Waals surface area contributed by atoms with Gasteiger partial charge in [0.05, 0.1) is 5.02 Å². The first kappa shape index (κ1) is 14.9. The molecule has 1 heterocycles. The van der Waals surface area contributed by atoms with Crippen molar-refractivity contribution in [2.45, 2.75) is 30.3 Å². The molecular formula is C17H17ClFNS. The van der Waals surface area contributed by atoms with Crippen LogP contribution in [0.25, 0.3) is 0 Å². The molecule has 110 valence electrons. The fourth-order valence-electron chi connectivity index (χ4n) is 2.69. The maximum Gasteiger partial charge on any atom is 0.142 e. The van der Waals surface area contributed by atoms with Gasteiger partial charge in [-0.3, -0.25) is 0 Å². The van der Waals surface area contributed by atoms with Crippen molar-refractivity contribution in [3.05, 3.63) is 64.4 Å². The Morgan fingerprint density at radius 2 is 2.10 bits per heavy atom. The lowest BCUT2D eigenvalue weighted by Gasteiger charge is -2.29. The molecule has 0 aromatic heterocycles. The van der Waals surface area contributed by atoms with E-state index in [1.807, 2.05) is 17.8 Å². The van der Waals surface area contributed by atoms with Crippen molar-refractivity contribution >= 4 is 23.4 Å². The van der Waals surface area contributed by atoms with Gasteiger partial charge in [0.15, 0.2) is 0 Å². The smallest absolute Gasteiger partial charge is 0.142 e. The Bertz CT molecular complexity index is 646. The SMILES string of the molecule is CC(NC1CCSc2ccccc21)c1ccc(Cl)c(F)c1. The second-order valence-corrected chi connectivity index (χ2v) is 6.83. The highest BCUT2D eigenvalue weighted by atomic mass is 35.5. The topological polar surface area (TPSA) is 12.0 Å². The van der Waals surface area contributed by atoms with Gasteiger partial charge in [0.2, 0.25) is 0 Å². The number of benzene rings is 2. The third-order valence-corrected chi connectivity index (χ3v) is 5.28. The molecule has 0 aliphatic carbocycles. The van der Waals surface area contributed by atoms with Crippen molar-refractivity contribution in [1.29, 1.82) is 0 Å². The Morgan fingerprint density at radius 3 is 2.90 bits per heavy atom. The van der Waals surface area contributed by atoms with E-state index in [9.17, 15) is 4.39 Å². The molecule has 2 aromatic rings. The van der Waals surface area contributed by atoms with Gasteiger partial charge >= 0.3 is 0 Å². The van der Waals surface area contributed by atoms with E-state index in [-0.39, 0.29) is 16.9 Å². The molecular weight excluding hydrogens is 305 g/mol. The lowest BCUT2D eigenvalue weighted by atomic mass is 10.0. The fourth-order valence-corrected chi connectivity index (χ4v) is 3.94. The van der Waals surface area contributed by atoms with Gasteiger partial charge in [0, 0.05) is 17.0 Å². The van der Waals surface area contributed by atoms with Crippen LogP contribution in [0.15, 0.2) is 47.4 Å². The van der Waals surface area contributed by atoms with Gasteiger partial charge in [-0.25, -0.2) is 4.39 Å². The van der Waals surface area contributed by atoms with Gasteiger partial charge in [-0.1, -0.05) is 35.9 Å². The summed E-state index contributed by atoms with van der Waals surface area (Å²) in [6.45, 7) is 2.06. The molecule has 0 spiro atoms. The fraction of sp³-hybridized carbons (Fsp3) is 0.294. The molecule has 1 nitrogen and oxygen atoms in total. The maximum atomic E-state index is 13.6. The zero-order valence-corrected chi connectivity index (χ0v) is 13.3. The van der Waals surface area contributed by atoms with Crippen LogP contribution in [-0.4, -0.2) is 5.75 Å². The molecule has 1 aliphatic heterocycles. The molecule has 0 bridgehead atoms. The normalized spacial score (nSPS) is 19.1. The summed E-state index contributed by atoms with van der Waals surface area (Å²) in [7, 11) is 0. The lowest BCUT2D eigenvalue weighted by molar-refractivity contribution is 0.448. The molecule has 2 atom stereocenters. The minimum atomic E-state index is -0.359. The molecule has 0 saturated carbocycles. The van der Waals surface area contributed by atoms with Crippen LogP contribution in [0.5, 0.6) is 0 Å². The first-order valence-corrected chi connectivity index (χ1v) is 8.44. The van der Waals surface area contributed by atoms with Crippen LogP contribution in [0.4, 0.5) is 4.39 Å². The van der Waals surface area contributed by atoms with Gasteiger partial charge < -0.3 is 5.32 Å². The Labute approximate surface area is 133 Å². The van der Waals surface area contributed by atoms with Crippen molar-refractivity contribution in [2.75, 3.05) is 5.75 Å². The van der Waals surface area contributed by atoms with E-state index >= 15 is 0 Å². The summed E-state index contributed by atoms with van der Waals surface area (Å²) < 4.78 is 13.6. The summed E-state index contributed by atoms with van der Waals surface area (Å²) >= 11 is 7.65. The minimum absolute atomic E-state index is 0.0814. The summed E-state index contributed by atoms with van der Waals surface area (Å²) in [5.41, 5.74) is 2.27. The Morgan fingerprint density at radius 1 is 1.29 bits per heavy atom. The molecule has 1 aliphatic rings. The Kier molecular flexibility index (Phi) is 4.53. The molecule has 1 N–H and O–H groups in total. The Balaban J connectivity index is 1.79. The highest BCUT2D eigenvalue weighted by Gasteiger charge is 2.22. The van der Waals surface area contributed by atoms with Crippen molar-refractivity contribution in [1.82, 2.24) is 5.32 Å². The van der Waals surface area contributed by atoms with Crippen LogP contribution in [0.3, 0.4) is 0 Å². The summed E-state index contributed by atoms with van der Waals surface area (Å²) in [5.74, 6) is 0.749. The average molecular weight is 322 g/mol. The molecule has 4 heteroatoms. The quantitative estimate of drug-likeness (QED) is 0.816. The van der Waals surface area contributed by atoms with Gasteiger partial charge in [-0.05, 0) is 48.4 Å². The molecule has 0 fully saturated rings. The van der Waals surface area contributed by atoms with Crippen LogP contribution >= 0.6 is 23.4 Å². The molecule has 0 radical (unpaired) electrons. The maximum absolute atomic E-state index is 13.6. The molecule has 21 heavy (non-hydrogen) atoms. The van der Waals surface area contributed by atoms with E-state index in [1.54, 1.807) is 6.07 Å². The summed E-state index contributed by atoms with van der Waals surface area (Å²) in [4.78, 5) is 1.34. The molecule has 0 amide bonds. The number of halogens is 2. The van der Waals surface area contributed by atoms with Crippen LogP contribution in [0.1, 0.15) is 36.6 Å². The average Bonchev–Trinajstić information content (AvgIpc) is 2.50. The number of nitrogens with one attached hydrogen (secondary N) is 1. The van der Waals surface area contributed by atoms with Crippen LogP contribution in [-0.2, 0) is 0 Å². The number of fused-ring (bicyclic) bond motifs is 1. The lowest BCUT2D eigenvalue weighted by Crippen LogP contribution is -2.27. The van der Waals surface area contributed by atoms with Crippen LogP contribution in [0, 0.1) is 5.82 Å². The summed E-state index contributed by atoms with van der Waals surface area (Å²) in [5, 5.41) is 3.79. The second kappa shape index (κ2) is 6.39. The minimum Gasteiger partial charge on any atom is -0.303 e. The first-order chi connectivity index (χ1) is 10.1. The third-order valence-electron chi connectivity index (χ3n) is 3.85. The van der Waals surface area contributed by atoms with Crippen molar-refractivity contribution in [2.24, 2.45) is 0 Å². The van der Waals surface area contributed by atoms with Crippen molar-refractivity contribution in [3.8, 4) is 0 Å². The van der Waals surface area contributed by atoms with E-state index in [2.05, 4.69) is 36.5 Å². The highest BCUT2D eigenvalue weighted by Crippen LogP contribution is 2.37. The summed E-state index contributed by atoms with van der Waals surface area (Å²) in [6.07, 6.45) is 1.09. The zero-order chi connectivity index (χ0) is 14.8. The van der Waals surface area contributed by atoms with Crippen molar-refractivity contribution < 1.29 is 4.39 Å². The number of hydrogen-bond donors (Lipinski definition) is 1. The highest BCUT2D eigenvalue weighted by molar-refractivity contribution is 7.99. The van der Waals surface area contributed by atoms with E-state index in [0.29, 0.717) is 6.04 Å². The monoisotopic (exact) mass is 321 g/mol. The summed E-state index contributed by atoms with van der Waals surface area (Å²) in [6, 6.07) is 13.9. The third kappa shape index (κ3) is 3.25. The van der Waals surface area contributed by atoms with Gasteiger partial charge in [-0.15, -0.1) is 11.8 Å². The molecule has 2 aromatic carbocycles. The predicted octanol–water partition coefficient (Wildman–Crippen LogP) is 5.37. The second-order valence-electron chi connectivity index (χ2n) is 5.29. The van der Waals surface area contributed by atoms with E-state index < -0.39 is 0 Å². The van der Waals surface area contributed by atoms with Crippen LogP contribution in [0.2, 0.25) is 5.02 Å². The number of rotatable bonds is 3. The van der Waals surface area contributed by atoms with Crippen LogP contribution < -0.4 is 5.32 Å². The van der Waals surface area contributed by atoms with Gasteiger partial charge in [-0.2, -0.15) is 0 Å². The van der Waals surface area contributed by atoms with E-state index in [0.717, 1.165) is 17.7 Å². The van der Waals surface area contributed by atoms with Crippen molar-refractivity contribution in [3.63, 3.8) is 0 Å². The molecule has 0 saturated heterocycles. The van der Waals surface area contributed by atoms with E-state index in [1.165, 1.54) is 16.5 Å². The first-order valence-electron chi connectivity index (χ1n) is 7.08. The molecule has 2 unspecified atom stereocenters. The van der Waals surface area contributed by atoms with Gasteiger partial charge in [0.1, 0.15) is 5.82 Å². The van der Waals surface area contributed by atoms with E-state index in [4.69, 9.17) is 11.6 Å². The zero-order valence-electron chi connectivity index (χ0n) is 11.8. The molecule has 3 rings (SSSR count). The predicted molar refractivity (Wildman–Crippen MR) is 87.5 cm³/mol. The number of hydrogen-bond acceptors (Lipinski definition) is 2. The standard InChI is InChI=1S/C17H17ClFNS/c1-11(12-6-7-14(18)15(19)10-12)20-16-8-9-21-17-5-3-2-4-13(16)17/h2-7,10-11,16,20H,8-9H2,1H3. The Hall–Kier alpha value is -1.03. The largest absolute Gasteiger partial charge is 0.303 e. The van der Waals surface area contributed by atoms with Gasteiger partial charge in [0.25, 0.3) is 0 Å². The number of thioether (sulfide) groups is 1.